The number of aromatic nitrogens is 2. The molecule has 1 aromatic heterocycles. The van der Waals surface area contributed by atoms with Gasteiger partial charge >= 0.3 is 0 Å². The zero-order valence-corrected chi connectivity index (χ0v) is 10.7. The number of thioether (sulfide) groups is 1. The van der Waals surface area contributed by atoms with Crippen LogP contribution in [0.5, 0.6) is 0 Å². The van der Waals surface area contributed by atoms with E-state index in [1.54, 1.807) is 17.8 Å². The highest BCUT2D eigenvalue weighted by atomic mass is 32.2. The van der Waals surface area contributed by atoms with Gasteiger partial charge in [-0.3, -0.25) is 0 Å². The van der Waals surface area contributed by atoms with Gasteiger partial charge in [0.2, 0.25) is 5.95 Å². The molecule has 0 radical (unpaired) electrons. The Kier molecular flexibility index (Phi) is 3.25. The Balaban J connectivity index is 2.53. The Morgan fingerprint density at radius 1 is 1.59 bits per heavy atom. The van der Waals surface area contributed by atoms with E-state index in [0.29, 0.717) is 16.8 Å². The molecule has 2 rings (SSSR count). The molecular weight excluding hydrogens is 232 g/mol. The average molecular weight is 246 g/mol. The summed E-state index contributed by atoms with van der Waals surface area (Å²) in [6.07, 6.45) is 2.07. The minimum Gasteiger partial charge on any atom is -0.369 e. The molecule has 0 fully saturated rings. The van der Waals surface area contributed by atoms with Crippen LogP contribution in [0.4, 0.5) is 5.95 Å². The van der Waals surface area contributed by atoms with E-state index in [4.69, 9.17) is 11.0 Å². The first kappa shape index (κ1) is 11.8. The van der Waals surface area contributed by atoms with Crippen LogP contribution in [0, 0.1) is 11.3 Å². The summed E-state index contributed by atoms with van der Waals surface area (Å²) in [5, 5.41) is 9.37. The largest absolute Gasteiger partial charge is 0.369 e. The summed E-state index contributed by atoms with van der Waals surface area (Å²) >= 11 is 1.78. The Bertz CT molecular complexity index is 582. The molecule has 2 N–H and O–H groups in total. The number of anilines is 1. The molecule has 17 heavy (non-hydrogen) atoms. The summed E-state index contributed by atoms with van der Waals surface area (Å²) in [6.45, 7) is 2.95. The highest BCUT2D eigenvalue weighted by Gasteiger charge is 2.11. The number of nitrogens with zero attached hydrogens (tertiary/aromatic N) is 3. The van der Waals surface area contributed by atoms with E-state index in [1.807, 2.05) is 16.7 Å². The van der Waals surface area contributed by atoms with Gasteiger partial charge in [0.1, 0.15) is 0 Å². The summed E-state index contributed by atoms with van der Waals surface area (Å²) < 4.78 is 1.97. The number of hydrogen-bond donors (Lipinski definition) is 1. The maximum atomic E-state index is 8.91. The van der Waals surface area contributed by atoms with Crippen molar-refractivity contribution in [2.45, 2.75) is 18.7 Å². The Morgan fingerprint density at radius 3 is 3.00 bits per heavy atom. The van der Waals surface area contributed by atoms with Crippen LogP contribution < -0.4 is 5.73 Å². The smallest absolute Gasteiger partial charge is 0.201 e. The maximum Gasteiger partial charge on any atom is 0.201 e. The predicted molar refractivity (Wildman–Crippen MR) is 71.8 cm³/mol. The third-order valence-corrected chi connectivity index (χ3v) is 3.70. The summed E-state index contributed by atoms with van der Waals surface area (Å²) in [5.74, 6) is 0.510. The number of nitrogen functional groups attached to an aromatic ring is 1. The van der Waals surface area contributed by atoms with E-state index in [9.17, 15) is 0 Å². The van der Waals surface area contributed by atoms with Crippen LogP contribution in [0.15, 0.2) is 18.2 Å². The first-order valence-corrected chi connectivity index (χ1v) is 6.63. The number of nitriles is 1. The fourth-order valence-corrected chi connectivity index (χ4v) is 2.03. The highest BCUT2D eigenvalue weighted by Crippen LogP contribution is 2.21. The lowest BCUT2D eigenvalue weighted by molar-refractivity contribution is 0.721. The first-order valence-electron chi connectivity index (χ1n) is 5.34. The molecule has 1 heterocycles. The van der Waals surface area contributed by atoms with Gasteiger partial charge in [0, 0.05) is 11.8 Å². The Labute approximate surface area is 104 Å². The van der Waals surface area contributed by atoms with Gasteiger partial charge in [-0.15, -0.1) is 0 Å². The molecule has 88 valence electrons. The van der Waals surface area contributed by atoms with E-state index < -0.39 is 0 Å². The summed E-state index contributed by atoms with van der Waals surface area (Å²) in [4.78, 5) is 4.30. The molecule has 5 heteroatoms. The second kappa shape index (κ2) is 4.68. The lowest BCUT2D eigenvalue weighted by Gasteiger charge is -2.11. The number of rotatable bonds is 3. The predicted octanol–water partition coefficient (Wildman–Crippen LogP) is 2.24. The molecule has 0 bridgehead atoms. The van der Waals surface area contributed by atoms with Gasteiger partial charge < -0.3 is 10.3 Å². The SMILES string of the molecule is CSC(C)Cn1c(N)nc2ccc(C#N)cc21. The van der Waals surface area contributed by atoms with Crippen LogP contribution in [0.25, 0.3) is 11.0 Å². The molecule has 0 aliphatic heterocycles. The molecule has 1 unspecified atom stereocenters. The van der Waals surface area contributed by atoms with Crippen molar-refractivity contribution in [1.29, 1.82) is 5.26 Å². The van der Waals surface area contributed by atoms with E-state index in [0.717, 1.165) is 17.6 Å². The zero-order valence-electron chi connectivity index (χ0n) is 9.84. The van der Waals surface area contributed by atoms with Crippen LogP contribution in [0.1, 0.15) is 12.5 Å². The van der Waals surface area contributed by atoms with Gasteiger partial charge in [0.15, 0.2) is 0 Å². The van der Waals surface area contributed by atoms with Crippen molar-refractivity contribution in [2.75, 3.05) is 12.0 Å². The zero-order chi connectivity index (χ0) is 12.4. The fourth-order valence-electron chi connectivity index (χ4n) is 1.73. The summed E-state index contributed by atoms with van der Waals surface area (Å²) in [7, 11) is 0. The molecule has 0 saturated heterocycles. The van der Waals surface area contributed by atoms with Crippen molar-refractivity contribution >= 4 is 28.7 Å². The monoisotopic (exact) mass is 246 g/mol. The van der Waals surface area contributed by atoms with Gasteiger partial charge in [-0.25, -0.2) is 4.98 Å². The van der Waals surface area contributed by atoms with Crippen molar-refractivity contribution in [3.05, 3.63) is 23.8 Å². The van der Waals surface area contributed by atoms with Gasteiger partial charge in [0.25, 0.3) is 0 Å². The topological polar surface area (TPSA) is 67.6 Å². The van der Waals surface area contributed by atoms with Crippen molar-refractivity contribution in [2.24, 2.45) is 0 Å². The second-order valence-corrected chi connectivity index (χ2v) is 5.22. The van der Waals surface area contributed by atoms with E-state index in [2.05, 4.69) is 24.2 Å². The van der Waals surface area contributed by atoms with Gasteiger partial charge in [-0.2, -0.15) is 17.0 Å². The number of nitrogens with two attached hydrogens (primary N) is 1. The summed E-state index contributed by atoms with van der Waals surface area (Å²) in [5.41, 5.74) is 8.32. The molecule has 0 saturated carbocycles. The quantitative estimate of drug-likeness (QED) is 0.901. The fraction of sp³-hybridized carbons (Fsp3) is 0.333. The first-order chi connectivity index (χ1) is 8.15. The third kappa shape index (κ3) is 2.22. The standard InChI is InChI=1S/C12H14N4S/c1-8(17-2)7-16-11-5-9(6-13)3-4-10(11)15-12(16)14/h3-5,8H,7H2,1-2H3,(H2,14,15). The number of imidazole rings is 1. The minimum absolute atomic E-state index is 0.459. The lowest BCUT2D eigenvalue weighted by atomic mass is 10.2. The van der Waals surface area contributed by atoms with Crippen LogP contribution >= 0.6 is 11.8 Å². The normalized spacial score (nSPS) is 12.5. The van der Waals surface area contributed by atoms with Crippen LogP contribution in [-0.2, 0) is 6.54 Å². The molecule has 2 aromatic rings. The molecule has 0 spiro atoms. The van der Waals surface area contributed by atoms with Crippen LogP contribution in [-0.4, -0.2) is 21.1 Å². The molecular formula is C12H14N4S. The van der Waals surface area contributed by atoms with Gasteiger partial charge in [-0.05, 0) is 24.5 Å². The van der Waals surface area contributed by atoms with Crippen molar-refractivity contribution in [3.63, 3.8) is 0 Å². The van der Waals surface area contributed by atoms with E-state index in [-0.39, 0.29) is 0 Å². The van der Waals surface area contributed by atoms with E-state index >= 15 is 0 Å². The third-order valence-electron chi connectivity index (χ3n) is 2.75. The van der Waals surface area contributed by atoms with Crippen molar-refractivity contribution in [3.8, 4) is 6.07 Å². The Morgan fingerprint density at radius 2 is 2.35 bits per heavy atom. The lowest BCUT2D eigenvalue weighted by Crippen LogP contribution is -2.11. The Hall–Kier alpha value is -1.67. The second-order valence-electron chi connectivity index (χ2n) is 3.94. The average Bonchev–Trinajstić information content (AvgIpc) is 2.65. The molecule has 1 atom stereocenters. The van der Waals surface area contributed by atoms with Gasteiger partial charge in [-0.1, -0.05) is 6.92 Å². The molecule has 0 amide bonds. The van der Waals surface area contributed by atoms with Crippen LogP contribution in [0.2, 0.25) is 0 Å². The van der Waals surface area contributed by atoms with E-state index in [1.165, 1.54) is 0 Å². The van der Waals surface area contributed by atoms with Gasteiger partial charge in [0.05, 0.1) is 22.7 Å². The molecule has 0 aliphatic carbocycles. The summed E-state index contributed by atoms with van der Waals surface area (Å²) in [6, 6.07) is 7.57. The number of hydrogen-bond acceptors (Lipinski definition) is 4. The maximum absolute atomic E-state index is 8.91. The van der Waals surface area contributed by atoms with Crippen molar-refractivity contribution < 1.29 is 0 Å². The number of benzene rings is 1. The van der Waals surface area contributed by atoms with Crippen LogP contribution in [0.3, 0.4) is 0 Å². The molecule has 1 aromatic carbocycles. The molecule has 0 aliphatic rings. The van der Waals surface area contributed by atoms with Crippen molar-refractivity contribution in [1.82, 2.24) is 9.55 Å². The minimum atomic E-state index is 0.459. The number of fused-ring (bicyclic) bond motifs is 1. The highest BCUT2D eigenvalue weighted by molar-refractivity contribution is 7.99. The molecule has 4 nitrogen and oxygen atoms in total.